The molecule has 0 radical (unpaired) electrons. The molecule has 3 heteroatoms. The Morgan fingerprint density at radius 1 is 1.58 bits per heavy atom. The smallest absolute Gasteiger partial charge is 0.0533 e. The van der Waals surface area contributed by atoms with E-state index in [9.17, 15) is 0 Å². The van der Waals surface area contributed by atoms with Gasteiger partial charge in [0.05, 0.1) is 6.61 Å². The summed E-state index contributed by atoms with van der Waals surface area (Å²) in [4.78, 5) is 0. The van der Waals surface area contributed by atoms with Crippen LogP contribution in [-0.2, 0) is 4.74 Å². The molecule has 1 aliphatic carbocycles. The van der Waals surface area contributed by atoms with Gasteiger partial charge in [-0.3, -0.25) is 0 Å². The Morgan fingerprint density at radius 3 is 3.17 bits per heavy atom. The SMILES string of the molecule is COC[C@]12CCC[C@H]1CNC2.Cl. The minimum Gasteiger partial charge on any atom is -0.384 e. The molecule has 1 saturated heterocycles. The van der Waals surface area contributed by atoms with Crippen LogP contribution in [0.2, 0.25) is 0 Å². The van der Waals surface area contributed by atoms with Gasteiger partial charge in [-0.25, -0.2) is 0 Å². The predicted molar refractivity (Wildman–Crippen MR) is 51.8 cm³/mol. The molecule has 0 aromatic rings. The van der Waals surface area contributed by atoms with Gasteiger partial charge in [0.15, 0.2) is 0 Å². The van der Waals surface area contributed by atoms with Crippen LogP contribution < -0.4 is 5.32 Å². The molecule has 0 unspecified atom stereocenters. The summed E-state index contributed by atoms with van der Waals surface area (Å²) in [5, 5.41) is 3.47. The zero-order chi connectivity index (χ0) is 7.73. The first-order chi connectivity index (χ1) is 5.37. The molecule has 0 amide bonds. The lowest BCUT2D eigenvalue weighted by atomic mass is 9.82. The van der Waals surface area contributed by atoms with E-state index in [2.05, 4.69) is 5.32 Å². The fourth-order valence-electron chi connectivity index (χ4n) is 2.79. The summed E-state index contributed by atoms with van der Waals surface area (Å²) in [5.41, 5.74) is 0.523. The van der Waals surface area contributed by atoms with Crippen molar-refractivity contribution in [1.29, 1.82) is 0 Å². The number of hydrogen-bond donors (Lipinski definition) is 1. The van der Waals surface area contributed by atoms with E-state index in [0.717, 1.165) is 12.5 Å². The van der Waals surface area contributed by atoms with E-state index in [0.29, 0.717) is 5.41 Å². The van der Waals surface area contributed by atoms with Gasteiger partial charge in [0.25, 0.3) is 0 Å². The molecule has 2 aliphatic rings. The maximum atomic E-state index is 5.29. The molecular formula is C9H18ClNO. The molecule has 2 atom stereocenters. The van der Waals surface area contributed by atoms with Crippen molar-refractivity contribution in [3.05, 3.63) is 0 Å². The molecule has 2 rings (SSSR count). The zero-order valence-electron chi connectivity index (χ0n) is 7.64. The zero-order valence-corrected chi connectivity index (χ0v) is 8.45. The minimum atomic E-state index is 0. The van der Waals surface area contributed by atoms with E-state index >= 15 is 0 Å². The lowest BCUT2D eigenvalue weighted by Gasteiger charge is -2.26. The molecular weight excluding hydrogens is 174 g/mol. The van der Waals surface area contributed by atoms with E-state index in [-0.39, 0.29) is 12.4 Å². The van der Waals surface area contributed by atoms with Crippen LogP contribution in [0.25, 0.3) is 0 Å². The van der Waals surface area contributed by atoms with Crippen LogP contribution in [0.3, 0.4) is 0 Å². The van der Waals surface area contributed by atoms with Crippen LogP contribution in [0, 0.1) is 11.3 Å². The van der Waals surface area contributed by atoms with E-state index in [1.54, 1.807) is 0 Å². The maximum Gasteiger partial charge on any atom is 0.0533 e. The van der Waals surface area contributed by atoms with E-state index in [1.165, 1.54) is 32.4 Å². The lowest BCUT2D eigenvalue weighted by molar-refractivity contribution is 0.0762. The number of fused-ring (bicyclic) bond motifs is 1. The van der Waals surface area contributed by atoms with Crippen LogP contribution in [0.1, 0.15) is 19.3 Å². The second-order valence-corrected chi connectivity index (χ2v) is 4.02. The standard InChI is InChI=1S/C9H17NO.ClH/c1-11-7-9-4-2-3-8(9)5-10-6-9;/h8,10H,2-7H2,1H3;1H/t8-,9+;/m0./s1. The Morgan fingerprint density at radius 2 is 2.42 bits per heavy atom. The second-order valence-electron chi connectivity index (χ2n) is 4.02. The van der Waals surface area contributed by atoms with E-state index in [4.69, 9.17) is 4.74 Å². The summed E-state index contributed by atoms with van der Waals surface area (Å²) >= 11 is 0. The molecule has 1 saturated carbocycles. The number of halogens is 1. The fraction of sp³-hybridized carbons (Fsp3) is 1.00. The molecule has 1 N–H and O–H groups in total. The number of nitrogens with one attached hydrogen (secondary N) is 1. The van der Waals surface area contributed by atoms with Crippen LogP contribution in [0.5, 0.6) is 0 Å². The van der Waals surface area contributed by atoms with Crippen molar-refractivity contribution in [2.45, 2.75) is 19.3 Å². The minimum absolute atomic E-state index is 0. The topological polar surface area (TPSA) is 21.3 Å². The summed E-state index contributed by atoms with van der Waals surface area (Å²) in [6.07, 6.45) is 4.20. The van der Waals surface area contributed by atoms with Gasteiger partial charge in [-0.05, 0) is 25.3 Å². The highest BCUT2D eigenvalue weighted by atomic mass is 35.5. The Kier molecular flexibility index (Phi) is 3.38. The van der Waals surface area contributed by atoms with Crippen molar-refractivity contribution < 1.29 is 4.74 Å². The lowest BCUT2D eigenvalue weighted by Crippen LogP contribution is -2.30. The van der Waals surface area contributed by atoms with Gasteiger partial charge in [0.1, 0.15) is 0 Å². The van der Waals surface area contributed by atoms with Crippen molar-refractivity contribution in [2.24, 2.45) is 11.3 Å². The average Bonchev–Trinajstić information content (AvgIpc) is 2.45. The Hall–Kier alpha value is 0.210. The summed E-state index contributed by atoms with van der Waals surface area (Å²) < 4.78 is 5.29. The van der Waals surface area contributed by atoms with Crippen LogP contribution in [0.4, 0.5) is 0 Å². The maximum absolute atomic E-state index is 5.29. The molecule has 2 fully saturated rings. The summed E-state index contributed by atoms with van der Waals surface area (Å²) in [7, 11) is 1.82. The average molecular weight is 192 g/mol. The third kappa shape index (κ3) is 1.48. The van der Waals surface area contributed by atoms with E-state index < -0.39 is 0 Å². The predicted octanol–water partition coefficient (Wildman–Crippen LogP) is 1.44. The summed E-state index contributed by atoms with van der Waals surface area (Å²) in [6, 6.07) is 0. The van der Waals surface area contributed by atoms with Crippen LogP contribution >= 0.6 is 12.4 Å². The molecule has 0 bridgehead atoms. The normalized spacial score (nSPS) is 39.2. The quantitative estimate of drug-likeness (QED) is 0.714. The summed E-state index contributed by atoms with van der Waals surface area (Å²) in [6.45, 7) is 3.37. The fourth-order valence-corrected chi connectivity index (χ4v) is 2.79. The van der Waals surface area contributed by atoms with Crippen molar-refractivity contribution in [3.63, 3.8) is 0 Å². The molecule has 12 heavy (non-hydrogen) atoms. The Bertz CT molecular complexity index is 141. The molecule has 1 aliphatic heterocycles. The monoisotopic (exact) mass is 191 g/mol. The van der Waals surface area contributed by atoms with Gasteiger partial charge in [-0.15, -0.1) is 12.4 Å². The highest BCUT2D eigenvalue weighted by molar-refractivity contribution is 5.85. The van der Waals surface area contributed by atoms with E-state index in [1.807, 2.05) is 7.11 Å². The third-order valence-electron chi connectivity index (χ3n) is 3.39. The highest BCUT2D eigenvalue weighted by Gasteiger charge is 2.45. The van der Waals surface area contributed by atoms with Gasteiger partial charge in [0, 0.05) is 19.1 Å². The Balaban J connectivity index is 0.000000720. The number of hydrogen-bond acceptors (Lipinski definition) is 2. The van der Waals surface area contributed by atoms with Gasteiger partial charge in [-0.1, -0.05) is 6.42 Å². The van der Waals surface area contributed by atoms with Crippen molar-refractivity contribution in [2.75, 3.05) is 26.8 Å². The van der Waals surface area contributed by atoms with Crippen LogP contribution in [0.15, 0.2) is 0 Å². The molecule has 2 nitrogen and oxygen atoms in total. The number of methoxy groups -OCH3 is 1. The van der Waals surface area contributed by atoms with Gasteiger partial charge < -0.3 is 10.1 Å². The van der Waals surface area contributed by atoms with Gasteiger partial charge in [0.2, 0.25) is 0 Å². The van der Waals surface area contributed by atoms with Crippen molar-refractivity contribution in [3.8, 4) is 0 Å². The first-order valence-corrected chi connectivity index (χ1v) is 4.57. The number of rotatable bonds is 2. The molecule has 0 spiro atoms. The first kappa shape index (κ1) is 10.3. The van der Waals surface area contributed by atoms with Gasteiger partial charge >= 0.3 is 0 Å². The second kappa shape index (κ2) is 3.95. The third-order valence-corrected chi connectivity index (χ3v) is 3.39. The molecule has 0 aromatic heterocycles. The molecule has 1 heterocycles. The van der Waals surface area contributed by atoms with Crippen molar-refractivity contribution >= 4 is 12.4 Å². The number of ether oxygens (including phenoxy) is 1. The Labute approximate surface area is 80.5 Å². The van der Waals surface area contributed by atoms with Crippen LogP contribution in [-0.4, -0.2) is 26.8 Å². The summed E-state index contributed by atoms with van der Waals surface area (Å²) in [5.74, 6) is 0.905. The largest absolute Gasteiger partial charge is 0.384 e. The molecule has 0 aromatic carbocycles. The molecule has 72 valence electrons. The highest BCUT2D eigenvalue weighted by Crippen LogP contribution is 2.45. The van der Waals surface area contributed by atoms with Gasteiger partial charge in [-0.2, -0.15) is 0 Å². The van der Waals surface area contributed by atoms with Crippen molar-refractivity contribution in [1.82, 2.24) is 5.32 Å². The first-order valence-electron chi connectivity index (χ1n) is 4.57.